The van der Waals surface area contributed by atoms with Gasteiger partial charge in [-0.15, -0.1) is 0 Å². The first-order chi connectivity index (χ1) is 13.0. The van der Waals surface area contributed by atoms with E-state index in [4.69, 9.17) is 4.74 Å². The van der Waals surface area contributed by atoms with Crippen molar-refractivity contribution >= 4 is 23.1 Å². The van der Waals surface area contributed by atoms with Crippen LogP contribution in [0.1, 0.15) is 24.3 Å². The van der Waals surface area contributed by atoms with Crippen molar-refractivity contribution in [2.24, 2.45) is 0 Å². The van der Waals surface area contributed by atoms with Crippen molar-refractivity contribution in [3.8, 4) is 5.75 Å². The van der Waals surface area contributed by atoms with E-state index in [0.29, 0.717) is 5.82 Å². The Balaban J connectivity index is 1.65. The molecule has 0 fully saturated rings. The largest absolute Gasteiger partial charge is 0.491 e. The minimum atomic E-state index is -0.213. The molecule has 138 valence electrons. The van der Waals surface area contributed by atoms with Crippen LogP contribution < -0.4 is 15.0 Å². The van der Waals surface area contributed by atoms with Crippen LogP contribution in [0.2, 0.25) is 0 Å². The minimum Gasteiger partial charge on any atom is -0.491 e. The van der Waals surface area contributed by atoms with Crippen LogP contribution >= 0.6 is 0 Å². The van der Waals surface area contributed by atoms with Gasteiger partial charge >= 0.3 is 0 Å². The molecule has 0 aliphatic carbocycles. The van der Waals surface area contributed by atoms with Gasteiger partial charge in [-0.05, 0) is 50.2 Å². The Morgan fingerprint density at radius 2 is 1.70 bits per heavy atom. The normalized spacial score (nSPS) is 10.5. The molecule has 6 heteroatoms. The molecule has 1 aromatic heterocycles. The van der Waals surface area contributed by atoms with Crippen LogP contribution in [0.5, 0.6) is 5.75 Å². The number of anilines is 3. The van der Waals surface area contributed by atoms with E-state index in [1.807, 2.05) is 68.4 Å². The molecule has 1 N–H and O–H groups in total. The zero-order chi connectivity index (χ0) is 19.2. The number of nitrogens with zero attached hydrogens (tertiary/aromatic N) is 3. The molecule has 0 bridgehead atoms. The number of hydrogen-bond donors (Lipinski definition) is 1. The molecule has 1 heterocycles. The Kier molecular flexibility index (Phi) is 5.66. The van der Waals surface area contributed by atoms with Crippen molar-refractivity contribution < 1.29 is 9.53 Å². The number of hydrogen-bond acceptors (Lipinski definition) is 5. The van der Waals surface area contributed by atoms with Crippen molar-refractivity contribution in [2.45, 2.75) is 20.0 Å². The Morgan fingerprint density at radius 1 is 1.00 bits per heavy atom. The fourth-order valence-electron chi connectivity index (χ4n) is 2.48. The van der Waals surface area contributed by atoms with Crippen LogP contribution in [-0.2, 0) is 0 Å². The van der Waals surface area contributed by atoms with Crippen molar-refractivity contribution in [3.63, 3.8) is 0 Å². The number of rotatable bonds is 6. The first kappa shape index (κ1) is 18.4. The summed E-state index contributed by atoms with van der Waals surface area (Å²) < 4.78 is 5.62. The van der Waals surface area contributed by atoms with Crippen LogP contribution in [0.4, 0.5) is 17.2 Å². The molecule has 0 radical (unpaired) electrons. The summed E-state index contributed by atoms with van der Waals surface area (Å²) in [5, 5.41) is 3.16. The van der Waals surface area contributed by atoms with Crippen molar-refractivity contribution in [2.75, 3.05) is 17.3 Å². The highest BCUT2D eigenvalue weighted by molar-refractivity contribution is 6.04. The molecule has 1 amide bonds. The van der Waals surface area contributed by atoms with Crippen molar-refractivity contribution in [1.82, 2.24) is 9.97 Å². The average Bonchev–Trinajstić information content (AvgIpc) is 2.69. The van der Waals surface area contributed by atoms with Crippen molar-refractivity contribution in [3.05, 3.63) is 72.7 Å². The summed E-state index contributed by atoms with van der Waals surface area (Å²) in [4.78, 5) is 22.6. The zero-order valence-electron chi connectivity index (χ0n) is 15.6. The lowest BCUT2D eigenvalue weighted by atomic mass is 10.3. The number of benzene rings is 2. The summed E-state index contributed by atoms with van der Waals surface area (Å²) in [5.41, 5.74) is 1.95. The number of carbonyl (C=O) groups excluding carboxylic acids is 1. The molecule has 0 saturated carbocycles. The lowest BCUT2D eigenvalue weighted by molar-refractivity contribution is 0.0988. The van der Waals surface area contributed by atoms with Gasteiger partial charge in [-0.3, -0.25) is 4.79 Å². The maximum absolute atomic E-state index is 12.5. The number of nitrogens with one attached hydrogen (secondary N) is 1. The molecule has 0 unspecified atom stereocenters. The van der Waals surface area contributed by atoms with E-state index < -0.39 is 0 Å². The van der Waals surface area contributed by atoms with E-state index in [0.717, 1.165) is 17.1 Å². The summed E-state index contributed by atoms with van der Waals surface area (Å²) >= 11 is 0. The maximum atomic E-state index is 12.5. The second-order valence-electron chi connectivity index (χ2n) is 6.30. The predicted octanol–water partition coefficient (Wildman–Crippen LogP) is 4.28. The first-order valence-electron chi connectivity index (χ1n) is 8.72. The summed E-state index contributed by atoms with van der Waals surface area (Å²) in [6.45, 7) is 3.97. The third-order valence-corrected chi connectivity index (χ3v) is 3.82. The van der Waals surface area contributed by atoms with E-state index in [1.165, 1.54) is 6.20 Å². The van der Waals surface area contributed by atoms with Gasteiger partial charge in [-0.1, -0.05) is 18.2 Å². The van der Waals surface area contributed by atoms with Gasteiger partial charge < -0.3 is 15.0 Å². The molecule has 3 rings (SSSR count). The van der Waals surface area contributed by atoms with Gasteiger partial charge in [0, 0.05) is 18.4 Å². The molecular formula is C21H22N4O2. The molecule has 0 spiro atoms. The molecular weight excluding hydrogens is 340 g/mol. The van der Waals surface area contributed by atoms with Crippen molar-refractivity contribution in [1.29, 1.82) is 0 Å². The van der Waals surface area contributed by atoms with Gasteiger partial charge in [-0.25, -0.2) is 9.97 Å². The summed E-state index contributed by atoms with van der Waals surface area (Å²) in [6.07, 6.45) is 3.15. The molecule has 2 aromatic carbocycles. The van der Waals surface area contributed by atoms with E-state index in [-0.39, 0.29) is 17.7 Å². The zero-order valence-corrected chi connectivity index (χ0v) is 15.6. The molecule has 0 saturated heterocycles. The fraction of sp³-hybridized carbons (Fsp3) is 0.190. The average molecular weight is 362 g/mol. The van der Waals surface area contributed by atoms with E-state index in [2.05, 4.69) is 15.3 Å². The highest BCUT2D eigenvalue weighted by atomic mass is 16.5. The van der Waals surface area contributed by atoms with Crippen LogP contribution in [0, 0.1) is 0 Å². The summed E-state index contributed by atoms with van der Waals surface area (Å²) in [7, 11) is 1.71. The lowest BCUT2D eigenvalue weighted by Gasteiger charge is -2.16. The fourth-order valence-corrected chi connectivity index (χ4v) is 2.48. The second-order valence-corrected chi connectivity index (χ2v) is 6.30. The number of para-hydroxylation sites is 1. The molecule has 27 heavy (non-hydrogen) atoms. The molecule has 0 aliphatic rings. The SMILES string of the molecule is CC(C)Oc1ccc(Nc2cnc(C(=O)N(C)c3ccccc3)cn2)cc1. The highest BCUT2D eigenvalue weighted by Crippen LogP contribution is 2.20. The van der Waals surface area contributed by atoms with Gasteiger partial charge in [0.05, 0.1) is 18.5 Å². The quantitative estimate of drug-likeness (QED) is 0.709. The van der Waals surface area contributed by atoms with Crippen LogP contribution in [0.25, 0.3) is 0 Å². The van der Waals surface area contributed by atoms with Gasteiger partial charge in [-0.2, -0.15) is 0 Å². The lowest BCUT2D eigenvalue weighted by Crippen LogP contribution is -2.27. The monoisotopic (exact) mass is 362 g/mol. The Labute approximate surface area is 158 Å². The molecule has 0 atom stereocenters. The predicted molar refractivity (Wildman–Crippen MR) is 107 cm³/mol. The number of aromatic nitrogens is 2. The molecule has 3 aromatic rings. The topological polar surface area (TPSA) is 67.3 Å². The Hall–Kier alpha value is -3.41. The standard InChI is InChI=1S/C21H22N4O2/c1-15(2)27-18-11-9-16(10-12-18)24-20-14-22-19(13-23-20)21(26)25(3)17-7-5-4-6-8-17/h4-15H,1-3H3,(H,23,24). The molecule has 6 nitrogen and oxygen atoms in total. The Morgan fingerprint density at radius 3 is 2.30 bits per heavy atom. The second kappa shape index (κ2) is 8.31. The van der Waals surface area contributed by atoms with Crippen LogP contribution in [-0.4, -0.2) is 29.0 Å². The minimum absolute atomic E-state index is 0.133. The van der Waals surface area contributed by atoms with Gasteiger partial charge in [0.25, 0.3) is 5.91 Å². The molecule has 0 aliphatic heterocycles. The van der Waals surface area contributed by atoms with Gasteiger partial charge in [0.1, 0.15) is 17.3 Å². The van der Waals surface area contributed by atoms with E-state index >= 15 is 0 Å². The Bertz CT molecular complexity index is 878. The van der Waals surface area contributed by atoms with Crippen LogP contribution in [0.3, 0.4) is 0 Å². The number of carbonyl (C=O) groups is 1. The smallest absolute Gasteiger partial charge is 0.278 e. The summed E-state index contributed by atoms with van der Waals surface area (Å²) in [6, 6.07) is 17.0. The van der Waals surface area contributed by atoms with E-state index in [9.17, 15) is 4.79 Å². The maximum Gasteiger partial charge on any atom is 0.278 e. The third-order valence-electron chi connectivity index (χ3n) is 3.82. The van der Waals surface area contributed by atoms with Crippen LogP contribution in [0.15, 0.2) is 67.0 Å². The van der Waals surface area contributed by atoms with Gasteiger partial charge in [0.2, 0.25) is 0 Å². The summed E-state index contributed by atoms with van der Waals surface area (Å²) in [5.74, 6) is 1.16. The third kappa shape index (κ3) is 4.82. The van der Waals surface area contributed by atoms with E-state index in [1.54, 1.807) is 18.1 Å². The number of amides is 1. The first-order valence-corrected chi connectivity index (χ1v) is 8.72. The van der Waals surface area contributed by atoms with Gasteiger partial charge in [0.15, 0.2) is 0 Å². The number of ether oxygens (including phenoxy) is 1. The highest BCUT2D eigenvalue weighted by Gasteiger charge is 2.15.